The largest absolute Gasteiger partial charge is 0.377 e. The standard InChI is InChI=1S/C22H36O2/c1-21-12-5-4-6-15(21)7-8-16-17-9-10-19(20(23)14-24-3)22(17,2)13-11-18(16)21/h15-19H,4-14H2,1-3H3/t15-,16+,17-,18-,19+,21+,22-/m1/s1. The summed E-state index contributed by atoms with van der Waals surface area (Å²) in [5.41, 5.74) is 0.867. The molecule has 7 atom stereocenters. The van der Waals surface area contributed by atoms with Crippen LogP contribution in [0.2, 0.25) is 0 Å². The van der Waals surface area contributed by atoms with Crippen molar-refractivity contribution in [2.75, 3.05) is 13.7 Å². The number of hydrogen-bond donors (Lipinski definition) is 0. The molecule has 4 saturated carbocycles. The van der Waals surface area contributed by atoms with Crippen molar-refractivity contribution >= 4 is 5.78 Å². The van der Waals surface area contributed by atoms with Gasteiger partial charge in [0.2, 0.25) is 0 Å². The van der Waals surface area contributed by atoms with Crippen molar-refractivity contribution in [3.05, 3.63) is 0 Å². The molecule has 0 heterocycles. The molecule has 2 nitrogen and oxygen atoms in total. The third kappa shape index (κ3) is 2.35. The molecule has 4 rings (SSSR count). The van der Waals surface area contributed by atoms with Crippen molar-refractivity contribution in [3.8, 4) is 0 Å². The van der Waals surface area contributed by atoms with Crippen LogP contribution >= 0.6 is 0 Å². The second-order valence-electron chi connectivity index (χ2n) is 9.98. The lowest BCUT2D eigenvalue weighted by molar-refractivity contribution is -0.138. The van der Waals surface area contributed by atoms with Gasteiger partial charge in [-0.1, -0.05) is 26.7 Å². The van der Waals surface area contributed by atoms with Crippen LogP contribution in [0, 0.1) is 40.4 Å². The summed E-state index contributed by atoms with van der Waals surface area (Å²) in [5.74, 6) is 4.25. The minimum absolute atomic E-state index is 0.259. The Labute approximate surface area is 148 Å². The first kappa shape index (κ1) is 17.1. The van der Waals surface area contributed by atoms with Crippen LogP contribution in [0.3, 0.4) is 0 Å². The van der Waals surface area contributed by atoms with E-state index < -0.39 is 0 Å². The van der Waals surface area contributed by atoms with E-state index >= 15 is 0 Å². The molecule has 4 fully saturated rings. The maximum absolute atomic E-state index is 12.6. The zero-order chi connectivity index (χ0) is 16.9. The number of fused-ring (bicyclic) bond motifs is 5. The zero-order valence-electron chi connectivity index (χ0n) is 16.0. The Hall–Kier alpha value is -0.370. The van der Waals surface area contributed by atoms with E-state index in [1.165, 1.54) is 57.8 Å². The first-order valence-electron chi connectivity index (χ1n) is 10.5. The van der Waals surface area contributed by atoms with Crippen molar-refractivity contribution in [1.82, 2.24) is 0 Å². The molecule has 0 spiro atoms. The SMILES string of the molecule is COCC(=O)[C@@H]1CC[C@@H]2[C@@H]3CC[C@H]4CCCC[C@]4(C)[C@@H]3CC[C@]21C. The molecular weight excluding hydrogens is 296 g/mol. The molecule has 0 N–H and O–H groups in total. The van der Waals surface area contributed by atoms with Crippen LogP contribution in [0.25, 0.3) is 0 Å². The van der Waals surface area contributed by atoms with Crippen molar-refractivity contribution in [1.29, 1.82) is 0 Å². The summed E-state index contributed by atoms with van der Waals surface area (Å²) in [6, 6.07) is 0. The summed E-state index contributed by atoms with van der Waals surface area (Å²) < 4.78 is 5.18. The Morgan fingerprint density at radius 1 is 0.917 bits per heavy atom. The second-order valence-corrected chi connectivity index (χ2v) is 9.98. The van der Waals surface area contributed by atoms with E-state index in [1.807, 2.05) is 0 Å². The average molecular weight is 333 g/mol. The average Bonchev–Trinajstić information content (AvgIpc) is 2.92. The van der Waals surface area contributed by atoms with Gasteiger partial charge in [-0.25, -0.2) is 0 Å². The highest BCUT2D eigenvalue weighted by Crippen LogP contribution is 2.67. The predicted molar refractivity (Wildman–Crippen MR) is 96.7 cm³/mol. The monoisotopic (exact) mass is 332 g/mol. The first-order chi connectivity index (χ1) is 11.5. The summed E-state index contributed by atoms with van der Waals surface area (Å²) in [7, 11) is 1.66. The Bertz CT molecular complexity index is 500. The molecule has 2 heteroatoms. The quantitative estimate of drug-likeness (QED) is 0.705. The Morgan fingerprint density at radius 2 is 1.71 bits per heavy atom. The van der Waals surface area contributed by atoms with Crippen molar-refractivity contribution in [2.24, 2.45) is 40.4 Å². The van der Waals surface area contributed by atoms with Crippen LogP contribution in [0.15, 0.2) is 0 Å². The number of hydrogen-bond acceptors (Lipinski definition) is 2. The van der Waals surface area contributed by atoms with E-state index in [9.17, 15) is 4.79 Å². The Morgan fingerprint density at radius 3 is 2.50 bits per heavy atom. The lowest BCUT2D eigenvalue weighted by Crippen LogP contribution is -2.53. The van der Waals surface area contributed by atoms with Gasteiger partial charge in [-0.2, -0.15) is 0 Å². The van der Waals surface area contributed by atoms with E-state index in [1.54, 1.807) is 7.11 Å². The maximum Gasteiger partial charge on any atom is 0.162 e. The van der Waals surface area contributed by atoms with E-state index in [0.717, 1.165) is 30.1 Å². The fourth-order valence-corrected chi connectivity index (χ4v) is 8.07. The molecule has 0 aromatic rings. The van der Waals surface area contributed by atoms with Gasteiger partial charge in [-0.15, -0.1) is 0 Å². The molecule has 0 aliphatic heterocycles. The van der Waals surface area contributed by atoms with Gasteiger partial charge in [0.05, 0.1) is 0 Å². The molecule has 0 saturated heterocycles. The van der Waals surface area contributed by atoms with Crippen LogP contribution < -0.4 is 0 Å². The summed E-state index contributed by atoms with van der Waals surface area (Å²) >= 11 is 0. The third-order valence-electron chi connectivity index (χ3n) is 9.26. The first-order valence-corrected chi connectivity index (χ1v) is 10.5. The van der Waals surface area contributed by atoms with E-state index in [-0.39, 0.29) is 11.3 Å². The molecule has 0 bridgehead atoms. The van der Waals surface area contributed by atoms with E-state index in [2.05, 4.69) is 13.8 Å². The van der Waals surface area contributed by atoms with Gasteiger partial charge in [0.15, 0.2) is 5.78 Å². The second kappa shape index (κ2) is 6.11. The molecule has 4 aliphatic carbocycles. The smallest absolute Gasteiger partial charge is 0.162 e. The zero-order valence-corrected chi connectivity index (χ0v) is 16.0. The molecule has 4 aliphatic rings. The van der Waals surface area contributed by atoms with Gasteiger partial charge in [-0.3, -0.25) is 4.79 Å². The van der Waals surface area contributed by atoms with Gasteiger partial charge in [-0.05, 0) is 85.9 Å². The van der Waals surface area contributed by atoms with Gasteiger partial charge >= 0.3 is 0 Å². The number of carbonyl (C=O) groups excluding carboxylic acids is 1. The number of methoxy groups -OCH3 is 1. The highest BCUT2D eigenvalue weighted by molar-refractivity contribution is 5.83. The normalized spacial score (nSPS) is 50.7. The van der Waals surface area contributed by atoms with Crippen molar-refractivity contribution in [3.63, 3.8) is 0 Å². The fourth-order valence-electron chi connectivity index (χ4n) is 8.07. The molecule has 0 aromatic heterocycles. The molecule has 0 unspecified atom stereocenters. The number of ketones is 1. The van der Waals surface area contributed by atoms with Crippen LogP contribution in [0.4, 0.5) is 0 Å². The lowest BCUT2D eigenvalue weighted by atomic mass is 9.45. The maximum atomic E-state index is 12.6. The number of ether oxygens (including phenoxy) is 1. The van der Waals surface area contributed by atoms with Crippen molar-refractivity contribution in [2.45, 2.75) is 78.1 Å². The van der Waals surface area contributed by atoms with Crippen molar-refractivity contribution < 1.29 is 9.53 Å². The highest BCUT2D eigenvalue weighted by atomic mass is 16.5. The fraction of sp³-hybridized carbons (Fsp3) is 0.955. The van der Waals surface area contributed by atoms with E-state index in [4.69, 9.17) is 4.74 Å². The molecule has 24 heavy (non-hydrogen) atoms. The van der Waals surface area contributed by atoms with Gasteiger partial charge < -0.3 is 4.74 Å². The summed E-state index contributed by atoms with van der Waals surface area (Å²) in [5, 5.41) is 0. The highest BCUT2D eigenvalue weighted by Gasteiger charge is 2.60. The summed E-state index contributed by atoms with van der Waals surface area (Å²) in [6.45, 7) is 5.41. The molecule has 0 aromatic carbocycles. The number of Topliss-reactive ketones (excluding diaryl/α,β-unsaturated/α-hetero) is 1. The lowest BCUT2D eigenvalue weighted by Gasteiger charge is -2.60. The Kier molecular flexibility index (Phi) is 4.34. The minimum atomic E-state index is 0.259. The molecular formula is C22H36O2. The predicted octanol–water partition coefficient (Wildman–Crippen LogP) is 5.25. The summed E-state index contributed by atoms with van der Waals surface area (Å²) in [4.78, 5) is 12.6. The van der Waals surface area contributed by atoms with Crippen LogP contribution in [0.1, 0.15) is 78.1 Å². The Balaban J connectivity index is 1.58. The van der Waals surface area contributed by atoms with Gasteiger partial charge in [0, 0.05) is 13.0 Å². The van der Waals surface area contributed by atoms with Gasteiger partial charge in [0.25, 0.3) is 0 Å². The van der Waals surface area contributed by atoms with Crippen LogP contribution in [-0.4, -0.2) is 19.5 Å². The molecule has 136 valence electrons. The summed E-state index contributed by atoms with van der Waals surface area (Å²) in [6.07, 6.45) is 13.8. The van der Waals surface area contributed by atoms with Gasteiger partial charge in [0.1, 0.15) is 6.61 Å². The number of rotatable bonds is 3. The molecule has 0 radical (unpaired) electrons. The number of carbonyl (C=O) groups is 1. The molecule has 0 amide bonds. The van der Waals surface area contributed by atoms with Crippen LogP contribution in [-0.2, 0) is 9.53 Å². The van der Waals surface area contributed by atoms with E-state index in [0.29, 0.717) is 17.8 Å². The minimum Gasteiger partial charge on any atom is -0.377 e. The topological polar surface area (TPSA) is 26.3 Å². The van der Waals surface area contributed by atoms with Crippen LogP contribution in [0.5, 0.6) is 0 Å². The third-order valence-corrected chi connectivity index (χ3v) is 9.26.